The highest BCUT2D eigenvalue weighted by Gasteiger charge is 2.40. The van der Waals surface area contributed by atoms with Gasteiger partial charge in [0, 0.05) is 18.4 Å². The van der Waals surface area contributed by atoms with Crippen molar-refractivity contribution >= 4 is 21.7 Å². The van der Waals surface area contributed by atoms with Gasteiger partial charge in [-0.15, -0.1) is 0 Å². The van der Waals surface area contributed by atoms with Crippen molar-refractivity contribution in [1.82, 2.24) is 15.0 Å². The molecule has 0 unspecified atom stereocenters. The summed E-state index contributed by atoms with van der Waals surface area (Å²) in [6, 6.07) is 5.31. The van der Waals surface area contributed by atoms with Crippen LogP contribution < -0.4 is 5.73 Å². The van der Waals surface area contributed by atoms with Gasteiger partial charge in [0.15, 0.2) is 9.84 Å². The van der Waals surface area contributed by atoms with Crippen molar-refractivity contribution < 1.29 is 45.2 Å². The quantitative estimate of drug-likeness (QED) is 0.495. The number of halogens is 4. The van der Waals surface area contributed by atoms with Gasteiger partial charge in [0.05, 0.1) is 23.4 Å². The zero-order valence-corrected chi connectivity index (χ0v) is 20.5. The Kier molecular flexibility index (Phi) is 8.57. The number of carbonyl (C=O) groups excluding carboxylic acids is 1. The van der Waals surface area contributed by atoms with E-state index in [0.717, 1.165) is 19.1 Å². The number of carbonyl (C=O) groups is 2. The van der Waals surface area contributed by atoms with Crippen molar-refractivity contribution in [2.75, 3.05) is 19.3 Å². The second-order valence-corrected chi connectivity index (χ2v) is 11.1. The van der Waals surface area contributed by atoms with Crippen LogP contribution in [0.25, 0.3) is 11.4 Å². The average Bonchev–Trinajstić information content (AvgIpc) is 3.32. The van der Waals surface area contributed by atoms with Crippen LogP contribution in [0.1, 0.15) is 37.5 Å². The molecule has 10 nitrogen and oxygen atoms in total. The Morgan fingerprint density at radius 3 is 2.27 bits per heavy atom. The van der Waals surface area contributed by atoms with E-state index < -0.39 is 40.1 Å². The highest BCUT2D eigenvalue weighted by atomic mass is 32.2. The van der Waals surface area contributed by atoms with Crippen LogP contribution in [-0.2, 0) is 19.4 Å². The third kappa shape index (κ3) is 7.71. The van der Waals surface area contributed by atoms with Crippen molar-refractivity contribution in [1.29, 1.82) is 0 Å². The van der Waals surface area contributed by atoms with Gasteiger partial charge in [0.25, 0.3) is 0 Å². The fourth-order valence-electron chi connectivity index (χ4n) is 3.77. The molecule has 0 spiro atoms. The van der Waals surface area contributed by atoms with Gasteiger partial charge in [-0.25, -0.2) is 17.6 Å². The van der Waals surface area contributed by atoms with Gasteiger partial charge in [-0.2, -0.15) is 18.2 Å². The summed E-state index contributed by atoms with van der Waals surface area (Å²) in [5, 5.41) is 11.1. The predicted molar refractivity (Wildman–Crippen MR) is 121 cm³/mol. The Balaban J connectivity index is 0.000000479. The number of aromatic nitrogens is 2. The van der Waals surface area contributed by atoms with Gasteiger partial charge in [-0.1, -0.05) is 18.0 Å². The smallest absolute Gasteiger partial charge is 0.475 e. The van der Waals surface area contributed by atoms with Crippen LogP contribution in [0.4, 0.5) is 17.6 Å². The summed E-state index contributed by atoms with van der Waals surface area (Å²) in [5.41, 5.74) is 6.90. The number of hydrogen-bond acceptors (Lipinski definition) is 8. The normalized spacial score (nSPS) is 19.6. The molecule has 4 rings (SSSR count). The second kappa shape index (κ2) is 11.1. The van der Waals surface area contributed by atoms with Crippen LogP contribution >= 0.6 is 0 Å². The zero-order chi connectivity index (χ0) is 27.5. The fraction of sp³-hybridized carbons (Fsp3) is 0.545. The maximum Gasteiger partial charge on any atom is 0.490 e. The minimum atomic E-state index is -5.08. The van der Waals surface area contributed by atoms with E-state index in [1.54, 1.807) is 12.1 Å². The van der Waals surface area contributed by atoms with Crippen LogP contribution in [0.5, 0.6) is 0 Å². The van der Waals surface area contributed by atoms with Crippen LogP contribution in [0.3, 0.4) is 0 Å². The number of carboxylic acids is 1. The largest absolute Gasteiger partial charge is 0.490 e. The van der Waals surface area contributed by atoms with E-state index in [-0.39, 0.29) is 23.2 Å². The Hall–Kier alpha value is -3.07. The van der Waals surface area contributed by atoms with Gasteiger partial charge in [0.1, 0.15) is 6.17 Å². The topological polar surface area (TPSA) is 157 Å². The van der Waals surface area contributed by atoms with E-state index in [4.69, 9.17) is 20.2 Å². The van der Waals surface area contributed by atoms with E-state index >= 15 is 0 Å². The first-order valence-corrected chi connectivity index (χ1v) is 13.2. The average molecular weight is 551 g/mol. The maximum absolute atomic E-state index is 13.5. The fourth-order valence-corrected chi connectivity index (χ4v) is 4.40. The molecule has 2 fully saturated rings. The standard InChI is InChI=1S/C20H25FN4O4S.C2HF3O2/c1-30(27,28)15-6-4-13(5-7-15)18-23-19(29-24-18)16(10-12-2-3-12)17(22)20(26)25-9-8-14(21)11-25;3-2(4,5)1(6)7/h4-7,12,14,16-17H,2-3,8-11,22H2,1H3;(H,6,7)/t14-,16-,17-;/m0./s1. The number of likely N-dealkylation sites (tertiary alicyclic amines) is 1. The molecule has 1 amide bonds. The molecular weight excluding hydrogens is 524 g/mol. The zero-order valence-electron chi connectivity index (χ0n) is 19.7. The summed E-state index contributed by atoms with van der Waals surface area (Å²) in [5.74, 6) is -2.45. The molecule has 204 valence electrons. The van der Waals surface area contributed by atoms with Crippen LogP contribution in [0.15, 0.2) is 33.7 Å². The van der Waals surface area contributed by atoms with Crippen molar-refractivity contribution in [3.05, 3.63) is 30.2 Å². The first kappa shape index (κ1) is 28.5. The minimum absolute atomic E-state index is 0.0739. The Morgan fingerprint density at radius 2 is 1.81 bits per heavy atom. The molecule has 3 atom stereocenters. The number of sulfone groups is 1. The van der Waals surface area contributed by atoms with Crippen LogP contribution in [-0.4, -0.2) is 78.2 Å². The highest BCUT2D eigenvalue weighted by Crippen LogP contribution is 2.40. The maximum atomic E-state index is 13.5. The summed E-state index contributed by atoms with van der Waals surface area (Å²) in [6.07, 6.45) is -1.81. The number of hydrogen-bond donors (Lipinski definition) is 2. The van der Waals surface area contributed by atoms with Crippen molar-refractivity contribution in [3.63, 3.8) is 0 Å². The number of aliphatic carboxylic acids is 1. The summed E-state index contributed by atoms with van der Waals surface area (Å²) in [7, 11) is -3.30. The Bertz CT molecular complexity index is 1210. The van der Waals surface area contributed by atoms with Gasteiger partial charge in [-0.3, -0.25) is 4.79 Å². The third-order valence-corrected chi connectivity index (χ3v) is 7.12. The number of nitrogens with zero attached hydrogens (tertiary/aromatic N) is 3. The lowest BCUT2D eigenvalue weighted by Crippen LogP contribution is -2.46. The monoisotopic (exact) mass is 550 g/mol. The van der Waals surface area contributed by atoms with E-state index in [9.17, 15) is 30.8 Å². The minimum Gasteiger partial charge on any atom is -0.475 e. The summed E-state index contributed by atoms with van der Waals surface area (Å²) < 4.78 is 74.0. The molecule has 15 heteroatoms. The lowest BCUT2D eigenvalue weighted by molar-refractivity contribution is -0.192. The molecule has 1 aliphatic heterocycles. The third-order valence-electron chi connectivity index (χ3n) is 5.99. The first-order chi connectivity index (χ1) is 17.2. The molecule has 2 heterocycles. The second-order valence-electron chi connectivity index (χ2n) is 9.04. The molecule has 1 aliphatic carbocycles. The number of amides is 1. The first-order valence-electron chi connectivity index (χ1n) is 11.3. The number of benzene rings is 1. The molecule has 3 N–H and O–H groups in total. The molecule has 2 aliphatic rings. The number of rotatable bonds is 7. The van der Waals surface area contributed by atoms with E-state index in [1.165, 1.54) is 17.0 Å². The molecule has 2 aromatic rings. The van der Waals surface area contributed by atoms with Crippen molar-refractivity contribution in [2.45, 2.75) is 54.9 Å². The lowest BCUT2D eigenvalue weighted by atomic mass is 9.93. The molecule has 1 aromatic carbocycles. The number of carboxylic acid groups (broad SMARTS) is 1. The number of nitrogens with two attached hydrogens (primary N) is 1. The summed E-state index contributed by atoms with van der Waals surface area (Å²) in [6.45, 7) is 0.441. The van der Waals surface area contributed by atoms with Gasteiger partial charge >= 0.3 is 12.1 Å². The van der Waals surface area contributed by atoms with E-state index in [2.05, 4.69) is 10.1 Å². The Labute approximate surface area is 209 Å². The molecule has 0 radical (unpaired) electrons. The summed E-state index contributed by atoms with van der Waals surface area (Å²) in [4.78, 5) is 27.8. The molecule has 37 heavy (non-hydrogen) atoms. The van der Waals surface area contributed by atoms with Gasteiger partial charge in [-0.05, 0) is 43.0 Å². The van der Waals surface area contributed by atoms with Crippen LogP contribution in [0.2, 0.25) is 0 Å². The molecule has 1 saturated carbocycles. The molecule has 0 bridgehead atoms. The highest BCUT2D eigenvalue weighted by molar-refractivity contribution is 7.90. The molecule has 1 saturated heterocycles. The Morgan fingerprint density at radius 1 is 1.22 bits per heavy atom. The van der Waals surface area contributed by atoms with Crippen LogP contribution in [0, 0.1) is 5.92 Å². The SMILES string of the molecule is CS(=O)(=O)c1ccc(-c2noc([C@@H](CC3CC3)[C@H](N)C(=O)N3CC[C@H](F)C3)n2)cc1.O=C(O)C(F)(F)F. The van der Waals surface area contributed by atoms with E-state index in [0.29, 0.717) is 36.7 Å². The van der Waals surface area contributed by atoms with E-state index in [1.807, 2.05) is 0 Å². The lowest BCUT2D eigenvalue weighted by Gasteiger charge is -2.25. The van der Waals surface area contributed by atoms with Gasteiger partial charge < -0.3 is 20.3 Å². The predicted octanol–water partition coefficient (Wildman–Crippen LogP) is 2.55. The number of alkyl halides is 4. The van der Waals surface area contributed by atoms with Crippen molar-refractivity contribution in [3.8, 4) is 11.4 Å². The molecular formula is C22H26F4N4O6S. The molecule has 1 aromatic heterocycles. The summed E-state index contributed by atoms with van der Waals surface area (Å²) >= 11 is 0. The van der Waals surface area contributed by atoms with Gasteiger partial charge in [0.2, 0.25) is 17.6 Å². The van der Waals surface area contributed by atoms with Crippen molar-refractivity contribution in [2.24, 2.45) is 11.7 Å².